The first-order chi connectivity index (χ1) is 14.5. The third-order valence-electron chi connectivity index (χ3n) is 5.38. The molecule has 2 N–H and O–H groups in total. The molecule has 0 spiro atoms. The fourth-order valence-electron chi connectivity index (χ4n) is 3.80. The standard InChI is InChI=1S/C19H16ClF3N4O4/c1-9-24-14(8-31-9)18(16(29)25-17(30)26-18)3-2-15(28)27-6-10-4-12(19(21,22)23)13(20)5-11(10)7-27/h4-5,8H,2-3,6-7H2,1H3,(H2,25,26,29,30). The smallest absolute Gasteiger partial charge is 0.417 e. The number of alkyl halides is 3. The highest BCUT2D eigenvalue weighted by Gasteiger charge is 2.50. The normalized spacial score (nSPS) is 20.6. The van der Waals surface area contributed by atoms with E-state index < -0.39 is 40.1 Å². The van der Waals surface area contributed by atoms with Crippen molar-refractivity contribution in [2.75, 3.05) is 0 Å². The molecule has 164 valence electrons. The topological polar surface area (TPSA) is 105 Å². The zero-order chi connectivity index (χ0) is 22.6. The number of urea groups is 1. The van der Waals surface area contributed by atoms with Gasteiger partial charge in [-0.1, -0.05) is 11.6 Å². The molecule has 0 radical (unpaired) electrons. The van der Waals surface area contributed by atoms with E-state index in [0.29, 0.717) is 11.1 Å². The SMILES string of the molecule is Cc1nc(C2(CCC(=O)N3Cc4cc(Cl)c(C(F)(F)F)cc4C3)NC(=O)NC2=O)co1. The second kappa shape index (κ2) is 7.26. The Morgan fingerprint density at radius 2 is 1.97 bits per heavy atom. The number of fused-ring (bicyclic) bond motifs is 1. The lowest BCUT2D eigenvalue weighted by Crippen LogP contribution is -2.45. The average molecular weight is 457 g/mol. The summed E-state index contributed by atoms with van der Waals surface area (Å²) in [6, 6.07) is 1.45. The van der Waals surface area contributed by atoms with Gasteiger partial charge in [-0.3, -0.25) is 14.9 Å². The number of nitrogens with one attached hydrogen (secondary N) is 2. The van der Waals surface area contributed by atoms with Crippen LogP contribution in [0.1, 0.15) is 41.1 Å². The van der Waals surface area contributed by atoms with Gasteiger partial charge in [-0.25, -0.2) is 9.78 Å². The highest BCUT2D eigenvalue weighted by atomic mass is 35.5. The number of aromatic nitrogens is 1. The lowest BCUT2D eigenvalue weighted by molar-refractivity contribution is -0.137. The van der Waals surface area contributed by atoms with Gasteiger partial charge in [-0.05, 0) is 29.7 Å². The number of benzene rings is 1. The van der Waals surface area contributed by atoms with E-state index in [9.17, 15) is 27.6 Å². The molecule has 12 heteroatoms. The molecule has 1 aromatic heterocycles. The molecule has 0 saturated carbocycles. The van der Waals surface area contributed by atoms with Gasteiger partial charge in [-0.2, -0.15) is 13.2 Å². The minimum Gasteiger partial charge on any atom is -0.449 e. The molecule has 1 unspecified atom stereocenters. The lowest BCUT2D eigenvalue weighted by atomic mass is 9.90. The van der Waals surface area contributed by atoms with Gasteiger partial charge in [0, 0.05) is 26.4 Å². The summed E-state index contributed by atoms with van der Waals surface area (Å²) in [5, 5.41) is 4.21. The first kappa shape index (κ1) is 21.2. The summed E-state index contributed by atoms with van der Waals surface area (Å²) < 4.78 is 44.4. The largest absolute Gasteiger partial charge is 0.449 e. The Labute approximate surface area is 178 Å². The summed E-state index contributed by atoms with van der Waals surface area (Å²) in [5.41, 5.74) is -1.47. The average Bonchev–Trinajstić information content (AvgIpc) is 3.35. The van der Waals surface area contributed by atoms with Crippen molar-refractivity contribution in [1.82, 2.24) is 20.5 Å². The summed E-state index contributed by atoms with van der Waals surface area (Å²) in [7, 11) is 0. The van der Waals surface area contributed by atoms with E-state index in [-0.39, 0.29) is 37.5 Å². The number of halogens is 4. The number of rotatable bonds is 4. The van der Waals surface area contributed by atoms with Crippen LogP contribution in [-0.4, -0.2) is 27.7 Å². The minimum atomic E-state index is -4.60. The van der Waals surface area contributed by atoms with Gasteiger partial charge in [0.15, 0.2) is 11.4 Å². The second-order valence-electron chi connectivity index (χ2n) is 7.41. The Morgan fingerprint density at radius 1 is 1.29 bits per heavy atom. The van der Waals surface area contributed by atoms with Crippen molar-refractivity contribution >= 4 is 29.4 Å². The van der Waals surface area contributed by atoms with E-state index in [1.807, 2.05) is 0 Å². The number of amides is 4. The predicted molar refractivity (Wildman–Crippen MR) is 99.5 cm³/mol. The molecule has 2 aliphatic heterocycles. The van der Waals surface area contributed by atoms with Crippen LogP contribution >= 0.6 is 11.6 Å². The van der Waals surface area contributed by atoms with Crippen molar-refractivity contribution < 1.29 is 32.0 Å². The van der Waals surface area contributed by atoms with Crippen LogP contribution in [0.15, 0.2) is 22.8 Å². The van der Waals surface area contributed by atoms with Gasteiger partial charge in [0.1, 0.15) is 12.0 Å². The second-order valence-corrected chi connectivity index (χ2v) is 7.82. The molecule has 1 saturated heterocycles. The Bertz CT molecular complexity index is 1100. The first-order valence-electron chi connectivity index (χ1n) is 9.22. The predicted octanol–water partition coefficient (Wildman–Crippen LogP) is 3.01. The molecule has 0 bridgehead atoms. The van der Waals surface area contributed by atoms with E-state index in [1.54, 1.807) is 6.92 Å². The van der Waals surface area contributed by atoms with Crippen molar-refractivity contribution in [3.8, 4) is 0 Å². The summed E-state index contributed by atoms with van der Waals surface area (Å²) in [6.07, 6.45) is -3.62. The van der Waals surface area contributed by atoms with Gasteiger partial charge in [0.05, 0.1) is 10.6 Å². The van der Waals surface area contributed by atoms with Gasteiger partial charge >= 0.3 is 12.2 Å². The van der Waals surface area contributed by atoms with Crippen LogP contribution in [0.25, 0.3) is 0 Å². The van der Waals surface area contributed by atoms with Gasteiger partial charge in [0.2, 0.25) is 5.91 Å². The molecule has 1 aromatic carbocycles. The summed E-state index contributed by atoms with van der Waals surface area (Å²) >= 11 is 5.76. The number of carbonyl (C=O) groups excluding carboxylic acids is 3. The molecule has 3 heterocycles. The fourth-order valence-corrected chi connectivity index (χ4v) is 4.10. The molecule has 1 atom stereocenters. The van der Waals surface area contributed by atoms with Crippen molar-refractivity contribution in [3.63, 3.8) is 0 Å². The van der Waals surface area contributed by atoms with E-state index in [1.165, 1.54) is 17.2 Å². The molecule has 2 aliphatic rings. The van der Waals surface area contributed by atoms with Gasteiger partial charge in [-0.15, -0.1) is 0 Å². The number of carbonyl (C=O) groups is 3. The molecule has 2 aromatic rings. The van der Waals surface area contributed by atoms with E-state index in [0.717, 1.165) is 6.07 Å². The summed E-state index contributed by atoms with van der Waals surface area (Å²) in [5.74, 6) is -0.777. The Hall–Kier alpha value is -3.08. The highest BCUT2D eigenvalue weighted by molar-refractivity contribution is 6.31. The Balaban J connectivity index is 1.50. The Kier molecular flexibility index (Phi) is 4.95. The lowest BCUT2D eigenvalue weighted by Gasteiger charge is -2.24. The quantitative estimate of drug-likeness (QED) is 0.688. The first-order valence-corrected chi connectivity index (χ1v) is 9.60. The van der Waals surface area contributed by atoms with Crippen molar-refractivity contribution in [3.05, 3.63) is 51.7 Å². The number of hydrogen-bond acceptors (Lipinski definition) is 5. The molecular formula is C19H16ClF3N4O4. The number of nitrogens with zero attached hydrogens (tertiary/aromatic N) is 2. The van der Waals surface area contributed by atoms with E-state index >= 15 is 0 Å². The molecular weight excluding hydrogens is 441 g/mol. The van der Waals surface area contributed by atoms with Gasteiger partial charge in [0.25, 0.3) is 5.91 Å². The maximum Gasteiger partial charge on any atom is 0.417 e. The van der Waals surface area contributed by atoms with Crippen LogP contribution in [0.4, 0.5) is 18.0 Å². The zero-order valence-electron chi connectivity index (χ0n) is 16.1. The monoisotopic (exact) mass is 456 g/mol. The maximum absolute atomic E-state index is 13.1. The molecule has 31 heavy (non-hydrogen) atoms. The summed E-state index contributed by atoms with van der Waals surface area (Å²) in [6.45, 7) is 1.66. The number of hydrogen-bond donors (Lipinski definition) is 2. The minimum absolute atomic E-state index is 0.0109. The van der Waals surface area contributed by atoms with Gasteiger partial charge < -0.3 is 14.6 Å². The molecule has 4 amide bonds. The Morgan fingerprint density at radius 3 is 2.52 bits per heavy atom. The highest BCUT2D eigenvalue weighted by Crippen LogP contribution is 2.39. The van der Waals surface area contributed by atoms with Crippen LogP contribution < -0.4 is 10.6 Å². The molecule has 0 aliphatic carbocycles. The van der Waals surface area contributed by atoms with Crippen LogP contribution in [0, 0.1) is 6.92 Å². The van der Waals surface area contributed by atoms with Crippen LogP contribution in [0.5, 0.6) is 0 Å². The number of aryl methyl sites for hydroxylation is 1. The van der Waals surface area contributed by atoms with Crippen molar-refractivity contribution in [1.29, 1.82) is 0 Å². The zero-order valence-corrected chi connectivity index (χ0v) is 16.9. The third-order valence-corrected chi connectivity index (χ3v) is 5.69. The van der Waals surface area contributed by atoms with E-state index in [4.69, 9.17) is 16.0 Å². The van der Waals surface area contributed by atoms with Crippen LogP contribution in [0.2, 0.25) is 5.02 Å². The third kappa shape index (κ3) is 3.73. The van der Waals surface area contributed by atoms with Crippen molar-refractivity contribution in [2.45, 2.75) is 44.6 Å². The summed E-state index contributed by atoms with van der Waals surface area (Å²) in [4.78, 5) is 42.5. The maximum atomic E-state index is 13.1. The van der Waals surface area contributed by atoms with Crippen LogP contribution in [-0.2, 0) is 34.4 Å². The number of imide groups is 1. The molecule has 1 fully saturated rings. The van der Waals surface area contributed by atoms with Crippen LogP contribution in [0.3, 0.4) is 0 Å². The van der Waals surface area contributed by atoms with E-state index in [2.05, 4.69) is 15.6 Å². The number of oxazole rings is 1. The fraction of sp³-hybridized carbons (Fsp3) is 0.368. The molecule has 4 rings (SSSR count). The molecule has 8 nitrogen and oxygen atoms in total. The van der Waals surface area contributed by atoms with Crippen molar-refractivity contribution in [2.24, 2.45) is 0 Å².